The molecule has 0 radical (unpaired) electrons. The van der Waals surface area contributed by atoms with Gasteiger partial charge < -0.3 is 19.7 Å². The minimum atomic E-state index is -0.275. The van der Waals surface area contributed by atoms with E-state index in [4.69, 9.17) is 9.47 Å². The number of ether oxygens (including phenoxy) is 2. The molecule has 0 atom stereocenters. The van der Waals surface area contributed by atoms with Gasteiger partial charge in [0.25, 0.3) is 5.91 Å². The minimum Gasteiger partial charge on any atom is -0.454 e. The van der Waals surface area contributed by atoms with Crippen LogP contribution < -0.4 is 19.7 Å². The van der Waals surface area contributed by atoms with Crippen LogP contribution in [0.4, 0.5) is 17.1 Å². The number of anilines is 3. The summed E-state index contributed by atoms with van der Waals surface area (Å²) in [7, 11) is 0. The molecule has 2 aromatic carbocycles. The van der Waals surface area contributed by atoms with Gasteiger partial charge in [0, 0.05) is 24.0 Å². The Hall–Kier alpha value is -3.54. The van der Waals surface area contributed by atoms with Crippen molar-refractivity contribution < 1.29 is 14.3 Å². The van der Waals surface area contributed by atoms with Crippen LogP contribution in [0.1, 0.15) is 17.4 Å². The third-order valence-corrected chi connectivity index (χ3v) is 4.31. The highest BCUT2D eigenvalue weighted by Gasteiger charge is 2.15. The number of pyridine rings is 1. The molecule has 27 heavy (non-hydrogen) atoms. The molecule has 0 unspecified atom stereocenters. The maximum atomic E-state index is 12.5. The van der Waals surface area contributed by atoms with Crippen LogP contribution in [0.3, 0.4) is 0 Å². The molecule has 0 bridgehead atoms. The first-order valence-corrected chi connectivity index (χ1v) is 8.74. The van der Waals surface area contributed by atoms with Gasteiger partial charge in [-0.15, -0.1) is 0 Å². The first-order chi connectivity index (χ1) is 13.2. The van der Waals surface area contributed by atoms with E-state index in [1.807, 2.05) is 36.4 Å². The summed E-state index contributed by atoms with van der Waals surface area (Å²) in [6.45, 7) is 3.08. The zero-order valence-corrected chi connectivity index (χ0v) is 14.9. The lowest BCUT2D eigenvalue weighted by molar-refractivity contribution is 0.102. The summed E-state index contributed by atoms with van der Waals surface area (Å²) in [4.78, 5) is 18.9. The molecule has 0 spiro atoms. The summed E-state index contributed by atoms with van der Waals surface area (Å²) >= 11 is 0. The van der Waals surface area contributed by atoms with Crippen LogP contribution in [0.25, 0.3) is 0 Å². The van der Waals surface area contributed by atoms with E-state index in [0.29, 0.717) is 22.9 Å². The number of rotatable bonds is 5. The highest BCUT2D eigenvalue weighted by Crippen LogP contribution is 2.34. The summed E-state index contributed by atoms with van der Waals surface area (Å²) in [5.41, 5.74) is 3.00. The van der Waals surface area contributed by atoms with E-state index in [1.54, 1.807) is 30.5 Å². The zero-order chi connectivity index (χ0) is 18.6. The molecule has 136 valence electrons. The number of nitrogens with one attached hydrogen (secondary N) is 1. The lowest BCUT2D eigenvalue weighted by Crippen LogP contribution is -2.17. The third-order valence-electron chi connectivity index (χ3n) is 4.31. The van der Waals surface area contributed by atoms with E-state index in [0.717, 1.165) is 17.9 Å². The topological polar surface area (TPSA) is 63.7 Å². The van der Waals surface area contributed by atoms with E-state index in [9.17, 15) is 4.79 Å². The Morgan fingerprint density at radius 3 is 2.59 bits per heavy atom. The van der Waals surface area contributed by atoms with Gasteiger partial charge in [-0.2, -0.15) is 0 Å². The molecule has 6 nitrogen and oxygen atoms in total. The van der Waals surface area contributed by atoms with Crippen molar-refractivity contribution in [3.05, 3.63) is 72.6 Å². The maximum absolute atomic E-state index is 12.5. The van der Waals surface area contributed by atoms with Gasteiger partial charge in [-0.05, 0) is 43.3 Å². The van der Waals surface area contributed by atoms with Crippen LogP contribution in [-0.4, -0.2) is 24.2 Å². The molecule has 3 aromatic rings. The van der Waals surface area contributed by atoms with Crippen LogP contribution in [-0.2, 0) is 0 Å². The van der Waals surface area contributed by atoms with Crippen molar-refractivity contribution in [2.45, 2.75) is 6.92 Å². The summed E-state index contributed by atoms with van der Waals surface area (Å²) in [6.07, 6.45) is 1.71. The third kappa shape index (κ3) is 3.55. The van der Waals surface area contributed by atoms with Crippen LogP contribution in [0.5, 0.6) is 11.5 Å². The van der Waals surface area contributed by atoms with Crippen LogP contribution in [0.15, 0.2) is 66.9 Å². The van der Waals surface area contributed by atoms with Crippen molar-refractivity contribution >= 4 is 23.0 Å². The standard InChI is InChI=1S/C21H19N3O3/c1-2-24(16-6-4-3-5-7-16)17-9-10-18(22-13-17)21(25)23-15-8-11-19-20(12-15)27-14-26-19/h3-13H,2,14H2,1H3,(H,23,25). The van der Waals surface area contributed by atoms with Gasteiger partial charge in [-0.1, -0.05) is 18.2 Å². The molecule has 0 fully saturated rings. The van der Waals surface area contributed by atoms with E-state index in [-0.39, 0.29) is 12.7 Å². The SMILES string of the molecule is CCN(c1ccccc1)c1ccc(C(=O)Nc2ccc3c(c2)OCO3)nc1. The molecule has 4 rings (SSSR count). The first-order valence-electron chi connectivity index (χ1n) is 8.74. The smallest absolute Gasteiger partial charge is 0.274 e. The van der Waals surface area contributed by atoms with Crippen molar-refractivity contribution in [3.63, 3.8) is 0 Å². The number of amides is 1. The van der Waals surface area contributed by atoms with Gasteiger partial charge in [-0.3, -0.25) is 4.79 Å². The molecule has 6 heteroatoms. The average molecular weight is 361 g/mol. The van der Waals surface area contributed by atoms with Gasteiger partial charge in [0.2, 0.25) is 6.79 Å². The van der Waals surface area contributed by atoms with Gasteiger partial charge in [-0.25, -0.2) is 4.98 Å². The van der Waals surface area contributed by atoms with E-state index in [2.05, 4.69) is 22.1 Å². The number of carbonyl (C=O) groups excluding carboxylic acids is 1. The van der Waals surface area contributed by atoms with Crippen LogP contribution in [0, 0.1) is 0 Å². The highest BCUT2D eigenvalue weighted by atomic mass is 16.7. The Bertz CT molecular complexity index is 943. The van der Waals surface area contributed by atoms with Crippen LogP contribution in [0.2, 0.25) is 0 Å². The fraction of sp³-hybridized carbons (Fsp3) is 0.143. The molecule has 1 amide bonds. The van der Waals surface area contributed by atoms with Gasteiger partial charge in [0.05, 0.1) is 11.9 Å². The Balaban J connectivity index is 1.49. The second kappa shape index (κ2) is 7.37. The van der Waals surface area contributed by atoms with E-state index >= 15 is 0 Å². The van der Waals surface area contributed by atoms with Crippen LogP contribution >= 0.6 is 0 Å². The predicted octanol–water partition coefficient (Wildman–Crippen LogP) is 4.22. The van der Waals surface area contributed by atoms with Gasteiger partial charge >= 0.3 is 0 Å². The minimum absolute atomic E-state index is 0.199. The summed E-state index contributed by atoms with van der Waals surface area (Å²) in [5.74, 6) is 1.02. The van der Waals surface area contributed by atoms with Crippen molar-refractivity contribution in [2.24, 2.45) is 0 Å². The zero-order valence-electron chi connectivity index (χ0n) is 14.9. The average Bonchev–Trinajstić information content (AvgIpc) is 3.18. The molecule has 1 aromatic heterocycles. The number of nitrogens with zero attached hydrogens (tertiary/aromatic N) is 2. The second-order valence-electron chi connectivity index (χ2n) is 6.00. The number of fused-ring (bicyclic) bond motifs is 1. The van der Waals surface area contributed by atoms with E-state index in [1.165, 1.54) is 0 Å². The highest BCUT2D eigenvalue weighted by molar-refractivity contribution is 6.03. The lowest BCUT2D eigenvalue weighted by Gasteiger charge is -2.22. The van der Waals surface area contributed by atoms with Crippen molar-refractivity contribution in [2.75, 3.05) is 23.6 Å². The van der Waals surface area contributed by atoms with Gasteiger partial charge in [0.15, 0.2) is 11.5 Å². The number of aromatic nitrogens is 1. The molecule has 0 saturated heterocycles. The number of para-hydroxylation sites is 1. The monoisotopic (exact) mass is 361 g/mol. The fourth-order valence-electron chi connectivity index (χ4n) is 2.97. The first kappa shape index (κ1) is 16.9. The largest absolute Gasteiger partial charge is 0.454 e. The van der Waals surface area contributed by atoms with Gasteiger partial charge in [0.1, 0.15) is 5.69 Å². The van der Waals surface area contributed by atoms with E-state index < -0.39 is 0 Å². The summed E-state index contributed by atoms with van der Waals surface area (Å²) in [6, 6.07) is 19.0. The van der Waals surface area contributed by atoms with Crippen molar-refractivity contribution in [1.82, 2.24) is 4.98 Å². The number of hydrogen-bond donors (Lipinski definition) is 1. The molecule has 1 aliphatic heterocycles. The maximum Gasteiger partial charge on any atom is 0.274 e. The molecule has 0 saturated carbocycles. The molecular weight excluding hydrogens is 342 g/mol. The molecular formula is C21H19N3O3. The number of carbonyl (C=O) groups is 1. The molecule has 0 aliphatic carbocycles. The quantitative estimate of drug-likeness (QED) is 0.737. The Kier molecular flexibility index (Phi) is 4.61. The normalized spacial score (nSPS) is 11.9. The fourth-order valence-corrected chi connectivity index (χ4v) is 2.97. The Morgan fingerprint density at radius 1 is 1.04 bits per heavy atom. The molecule has 1 aliphatic rings. The van der Waals surface area contributed by atoms with Crippen molar-refractivity contribution in [3.8, 4) is 11.5 Å². The summed E-state index contributed by atoms with van der Waals surface area (Å²) in [5, 5.41) is 2.83. The Morgan fingerprint density at radius 2 is 1.85 bits per heavy atom. The number of benzene rings is 2. The lowest BCUT2D eigenvalue weighted by atomic mass is 10.2. The van der Waals surface area contributed by atoms with Crippen molar-refractivity contribution in [1.29, 1.82) is 0 Å². The summed E-state index contributed by atoms with van der Waals surface area (Å²) < 4.78 is 10.6. The molecule has 2 heterocycles. The molecule has 1 N–H and O–H groups in total. The Labute approximate surface area is 157 Å². The second-order valence-corrected chi connectivity index (χ2v) is 6.00. The number of hydrogen-bond acceptors (Lipinski definition) is 5. The predicted molar refractivity (Wildman–Crippen MR) is 104 cm³/mol.